The lowest BCUT2D eigenvalue weighted by Crippen LogP contribution is -2.36. The van der Waals surface area contributed by atoms with Gasteiger partial charge < -0.3 is 10.6 Å². The highest BCUT2D eigenvalue weighted by Crippen LogP contribution is 2.09. The number of carbonyl (C=O) groups is 1. The van der Waals surface area contributed by atoms with Gasteiger partial charge in [0.1, 0.15) is 11.5 Å². The number of amides is 1. The maximum atomic E-state index is 12.0. The fourth-order valence-corrected chi connectivity index (χ4v) is 1.89. The van der Waals surface area contributed by atoms with E-state index in [4.69, 9.17) is 5.73 Å². The Hall–Kier alpha value is -1.30. The third-order valence-corrected chi connectivity index (χ3v) is 3.26. The van der Waals surface area contributed by atoms with Crippen LogP contribution in [0.15, 0.2) is 12.4 Å². The van der Waals surface area contributed by atoms with E-state index in [0.717, 1.165) is 12.2 Å². The van der Waals surface area contributed by atoms with Gasteiger partial charge in [-0.15, -0.1) is 0 Å². The van der Waals surface area contributed by atoms with Gasteiger partial charge in [-0.1, -0.05) is 0 Å². The molecule has 1 atom stereocenters. The smallest absolute Gasteiger partial charge is 0.274 e. The van der Waals surface area contributed by atoms with Gasteiger partial charge in [0.05, 0.1) is 12.4 Å². The van der Waals surface area contributed by atoms with Gasteiger partial charge in [0.15, 0.2) is 0 Å². The van der Waals surface area contributed by atoms with Crippen molar-refractivity contribution in [2.75, 3.05) is 24.8 Å². The van der Waals surface area contributed by atoms with E-state index in [-0.39, 0.29) is 11.9 Å². The molecule has 17 heavy (non-hydrogen) atoms. The Labute approximate surface area is 106 Å². The van der Waals surface area contributed by atoms with Crippen LogP contribution in [-0.4, -0.2) is 45.9 Å². The molecule has 0 fully saturated rings. The van der Waals surface area contributed by atoms with E-state index < -0.39 is 0 Å². The minimum Gasteiger partial charge on any atom is -0.382 e. The largest absolute Gasteiger partial charge is 0.382 e. The van der Waals surface area contributed by atoms with Crippen molar-refractivity contribution >= 4 is 23.5 Å². The van der Waals surface area contributed by atoms with Gasteiger partial charge in [0.2, 0.25) is 0 Å². The first-order valence-corrected chi connectivity index (χ1v) is 6.79. The van der Waals surface area contributed by atoms with Crippen molar-refractivity contribution in [3.63, 3.8) is 0 Å². The number of hydrogen-bond donors (Lipinski definition) is 1. The molecule has 0 radical (unpaired) electrons. The average Bonchev–Trinajstić information content (AvgIpc) is 2.35. The minimum atomic E-state index is -0.119. The van der Waals surface area contributed by atoms with Crippen molar-refractivity contribution < 1.29 is 4.79 Å². The Bertz CT molecular complexity index is 368. The topological polar surface area (TPSA) is 72.1 Å². The van der Waals surface area contributed by atoms with Crippen molar-refractivity contribution in [2.24, 2.45) is 0 Å². The summed E-state index contributed by atoms with van der Waals surface area (Å²) in [4.78, 5) is 21.6. The van der Waals surface area contributed by atoms with E-state index in [9.17, 15) is 4.79 Å². The zero-order valence-corrected chi connectivity index (χ0v) is 11.2. The highest BCUT2D eigenvalue weighted by molar-refractivity contribution is 7.98. The summed E-state index contributed by atoms with van der Waals surface area (Å²) in [6.45, 7) is 2.03. The molecule has 94 valence electrons. The van der Waals surface area contributed by atoms with Crippen LogP contribution in [0.1, 0.15) is 23.8 Å². The zero-order valence-electron chi connectivity index (χ0n) is 10.4. The molecular weight excluding hydrogens is 236 g/mol. The molecule has 0 bridgehead atoms. The lowest BCUT2D eigenvalue weighted by atomic mass is 10.2. The van der Waals surface area contributed by atoms with Crippen molar-refractivity contribution in [1.82, 2.24) is 14.9 Å². The number of thioether (sulfide) groups is 1. The quantitative estimate of drug-likeness (QED) is 0.856. The Morgan fingerprint density at radius 2 is 2.24 bits per heavy atom. The minimum absolute atomic E-state index is 0.119. The first kappa shape index (κ1) is 13.8. The van der Waals surface area contributed by atoms with Crippen LogP contribution in [0.2, 0.25) is 0 Å². The standard InChI is InChI=1S/C11H18N4OS/c1-8(4-5-17-3)15(2)11(16)9-6-14-10(12)7-13-9/h6-8H,4-5H2,1-3H3,(H2,12,14). The summed E-state index contributed by atoms with van der Waals surface area (Å²) in [5.74, 6) is 1.23. The van der Waals surface area contributed by atoms with Gasteiger partial charge in [-0.2, -0.15) is 11.8 Å². The molecule has 1 heterocycles. The van der Waals surface area contributed by atoms with Crippen molar-refractivity contribution in [3.05, 3.63) is 18.1 Å². The average molecular weight is 254 g/mol. The third-order valence-electron chi connectivity index (χ3n) is 2.61. The molecule has 1 unspecified atom stereocenters. The number of rotatable bonds is 5. The molecule has 0 aliphatic heterocycles. The second kappa shape index (κ2) is 6.44. The predicted molar refractivity (Wildman–Crippen MR) is 71.0 cm³/mol. The van der Waals surface area contributed by atoms with Crippen molar-refractivity contribution in [3.8, 4) is 0 Å². The van der Waals surface area contributed by atoms with Crippen LogP contribution in [-0.2, 0) is 0 Å². The Balaban J connectivity index is 2.65. The zero-order chi connectivity index (χ0) is 12.8. The van der Waals surface area contributed by atoms with Gasteiger partial charge >= 0.3 is 0 Å². The maximum Gasteiger partial charge on any atom is 0.274 e. The molecule has 0 aromatic carbocycles. The molecule has 2 N–H and O–H groups in total. The van der Waals surface area contributed by atoms with E-state index in [1.54, 1.807) is 23.7 Å². The Morgan fingerprint density at radius 1 is 1.53 bits per heavy atom. The SMILES string of the molecule is CSCCC(C)N(C)C(=O)c1cnc(N)cn1. The number of nitrogens with two attached hydrogens (primary N) is 1. The summed E-state index contributed by atoms with van der Waals surface area (Å²) in [6, 6.07) is 0.189. The van der Waals surface area contributed by atoms with Crippen LogP contribution in [0.25, 0.3) is 0 Å². The van der Waals surface area contributed by atoms with Gasteiger partial charge in [0.25, 0.3) is 5.91 Å². The summed E-state index contributed by atoms with van der Waals surface area (Å²) in [5.41, 5.74) is 5.76. The predicted octanol–water partition coefficient (Wildman–Crippen LogP) is 1.27. The lowest BCUT2D eigenvalue weighted by molar-refractivity contribution is 0.0735. The Kier molecular flexibility index (Phi) is 5.21. The number of aromatic nitrogens is 2. The fraction of sp³-hybridized carbons (Fsp3) is 0.545. The second-order valence-corrected chi connectivity index (χ2v) is 4.86. The number of anilines is 1. The summed E-state index contributed by atoms with van der Waals surface area (Å²) >= 11 is 1.77. The van der Waals surface area contributed by atoms with Gasteiger partial charge in [-0.05, 0) is 25.4 Å². The molecule has 0 aliphatic carbocycles. The van der Waals surface area contributed by atoms with Crippen LogP contribution < -0.4 is 5.73 Å². The molecule has 0 saturated carbocycles. The van der Waals surface area contributed by atoms with Crippen molar-refractivity contribution in [2.45, 2.75) is 19.4 Å². The van der Waals surface area contributed by atoms with Crippen LogP contribution in [0.5, 0.6) is 0 Å². The molecule has 1 rings (SSSR count). The normalized spacial score (nSPS) is 12.2. The van der Waals surface area contributed by atoms with Crippen LogP contribution in [0.3, 0.4) is 0 Å². The number of hydrogen-bond acceptors (Lipinski definition) is 5. The Morgan fingerprint density at radius 3 is 2.76 bits per heavy atom. The van der Waals surface area contributed by atoms with Gasteiger partial charge in [0, 0.05) is 13.1 Å². The third kappa shape index (κ3) is 3.89. The van der Waals surface area contributed by atoms with Crippen molar-refractivity contribution in [1.29, 1.82) is 0 Å². The second-order valence-electron chi connectivity index (χ2n) is 3.87. The van der Waals surface area contributed by atoms with E-state index in [1.165, 1.54) is 12.4 Å². The van der Waals surface area contributed by atoms with E-state index in [1.807, 2.05) is 6.92 Å². The van der Waals surface area contributed by atoms with E-state index in [2.05, 4.69) is 16.2 Å². The van der Waals surface area contributed by atoms with Crippen LogP contribution in [0, 0.1) is 0 Å². The first-order chi connectivity index (χ1) is 8.06. The molecule has 1 aromatic rings. The number of carbonyl (C=O) groups excluding carboxylic acids is 1. The highest BCUT2D eigenvalue weighted by atomic mass is 32.2. The maximum absolute atomic E-state index is 12.0. The van der Waals surface area contributed by atoms with E-state index >= 15 is 0 Å². The molecule has 0 spiro atoms. The van der Waals surface area contributed by atoms with Crippen LogP contribution in [0.4, 0.5) is 5.82 Å². The summed E-state index contributed by atoms with van der Waals surface area (Å²) < 4.78 is 0. The molecule has 6 heteroatoms. The molecule has 1 amide bonds. The molecule has 1 aromatic heterocycles. The van der Waals surface area contributed by atoms with Gasteiger partial charge in [-0.25, -0.2) is 9.97 Å². The number of nitrogen functional groups attached to an aromatic ring is 1. The number of nitrogens with zero attached hydrogens (tertiary/aromatic N) is 3. The summed E-state index contributed by atoms with van der Waals surface area (Å²) in [7, 11) is 1.78. The van der Waals surface area contributed by atoms with Gasteiger partial charge in [-0.3, -0.25) is 4.79 Å². The first-order valence-electron chi connectivity index (χ1n) is 5.40. The summed E-state index contributed by atoms with van der Waals surface area (Å²) in [5, 5.41) is 0. The highest BCUT2D eigenvalue weighted by Gasteiger charge is 2.18. The lowest BCUT2D eigenvalue weighted by Gasteiger charge is -2.24. The monoisotopic (exact) mass is 254 g/mol. The molecule has 0 aliphatic rings. The summed E-state index contributed by atoms with van der Waals surface area (Å²) in [6.07, 6.45) is 5.83. The molecule has 5 nitrogen and oxygen atoms in total. The van der Waals surface area contributed by atoms with Crippen LogP contribution >= 0.6 is 11.8 Å². The van der Waals surface area contributed by atoms with E-state index in [0.29, 0.717) is 11.5 Å². The molecular formula is C11H18N4OS. The molecule has 0 saturated heterocycles. The fourth-order valence-electron chi connectivity index (χ4n) is 1.31.